The summed E-state index contributed by atoms with van der Waals surface area (Å²) < 4.78 is 43.3. The number of carbonyl (C=O) groups is 1. The fourth-order valence-corrected chi connectivity index (χ4v) is 2.37. The van der Waals surface area contributed by atoms with Crippen molar-refractivity contribution in [3.05, 3.63) is 53.7 Å². The molecule has 0 radical (unpaired) electrons. The van der Waals surface area contributed by atoms with Crippen molar-refractivity contribution in [3.63, 3.8) is 0 Å². The maximum atomic E-state index is 12.9. The zero-order valence-corrected chi connectivity index (χ0v) is 11.6. The Morgan fingerprint density at radius 2 is 2.13 bits per heavy atom. The van der Waals surface area contributed by atoms with Crippen molar-refractivity contribution in [2.75, 3.05) is 6.54 Å². The monoisotopic (exact) mass is 321 g/mol. The number of aromatic nitrogens is 2. The van der Waals surface area contributed by atoms with Crippen LogP contribution in [0.4, 0.5) is 13.2 Å². The van der Waals surface area contributed by atoms with Crippen LogP contribution in [0.2, 0.25) is 0 Å². The van der Waals surface area contributed by atoms with Crippen LogP contribution in [0.15, 0.2) is 46.3 Å². The van der Waals surface area contributed by atoms with Gasteiger partial charge in [0.1, 0.15) is 6.29 Å². The van der Waals surface area contributed by atoms with Gasteiger partial charge in [-0.1, -0.05) is 29.4 Å². The van der Waals surface area contributed by atoms with E-state index in [9.17, 15) is 18.0 Å². The maximum absolute atomic E-state index is 12.9. The number of dihydropyridines is 1. The lowest BCUT2D eigenvalue weighted by atomic mass is 9.78. The van der Waals surface area contributed by atoms with Crippen LogP contribution >= 0.6 is 0 Å². The van der Waals surface area contributed by atoms with Gasteiger partial charge in [-0.15, -0.1) is 0 Å². The molecular formula is C15H10F3N3O2. The lowest BCUT2D eigenvalue weighted by molar-refractivity contribution is -0.137. The highest BCUT2D eigenvalue weighted by Crippen LogP contribution is 2.35. The van der Waals surface area contributed by atoms with Crippen molar-refractivity contribution in [1.29, 1.82) is 0 Å². The minimum atomic E-state index is -4.49. The van der Waals surface area contributed by atoms with Crippen molar-refractivity contribution >= 4 is 18.1 Å². The van der Waals surface area contributed by atoms with Crippen LogP contribution in [0, 0.1) is 0 Å². The normalized spacial score (nSPS) is 21.1. The van der Waals surface area contributed by atoms with E-state index in [4.69, 9.17) is 0 Å². The van der Waals surface area contributed by atoms with Gasteiger partial charge in [-0.05, 0) is 11.6 Å². The summed E-state index contributed by atoms with van der Waals surface area (Å²) in [5, 5.41) is 3.65. The molecule has 0 N–H and O–H groups in total. The summed E-state index contributed by atoms with van der Waals surface area (Å²) in [4.78, 5) is 19.6. The molecule has 3 rings (SSSR count). The molecule has 0 saturated heterocycles. The van der Waals surface area contributed by atoms with Crippen LogP contribution in [0.5, 0.6) is 0 Å². The third-order valence-corrected chi connectivity index (χ3v) is 3.55. The van der Waals surface area contributed by atoms with Gasteiger partial charge in [0.25, 0.3) is 0 Å². The molecule has 0 spiro atoms. The van der Waals surface area contributed by atoms with E-state index < -0.39 is 17.2 Å². The third kappa shape index (κ3) is 2.79. The molecule has 2 aromatic rings. The zero-order valence-electron chi connectivity index (χ0n) is 11.6. The molecule has 118 valence electrons. The number of allylic oxidation sites excluding steroid dienone is 1. The molecule has 0 amide bonds. The molecule has 0 aliphatic carbocycles. The van der Waals surface area contributed by atoms with E-state index in [1.807, 2.05) is 0 Å². The molecule has 1 aromatic heterocycles. The number of hydrogen-bond acceptors (Lipinski definition) is 5. The van der Waals surface area contributed by atoms with Gasteiger partial charge in [0, 0.05) is 11.8 Å². The summed E-state index contributed by atoms with van der Waals surface area (Å²) in [7, 11) is 0. The van der Waals surface area contributed by atoms with Crippen molar-refractivity contribution in [2.45, 2.75) is 11.6 Å². The quantitative estimate of drug-likeness (QED) is 0.815. The molecule has 1 atom stereocenters. The second-order valence-electron chi connectivity index (χ2n) is 5.06. The first-order valence-electron chi connectivity index (χ1n) is 6.58. The molecule has 1 aliphatic heterocycles. The van der Waals surface area contributed by atoms with E-state index in [0.29, 0.717) is 11.9 Å². The third-order valence-electron chi connectivity index (χ3n) is 3.55. The summed E-state index contributed by atoms with van der Waals surface area (Å²) in [5.74, 6) is 0.214. The minimum absolute atomic E-state index is 0.0131. The average molecular weight is 321 g/mol. The van der Waals surface area contributed by atoms with Crippen molar-refractivity contribution in [2.24, 2.45) is 4.99 Å². The number of hydrogen-bond donors (Lipinski definition) is 0. The first-order chi connectivity index (χ1) is 10.9. The number of carbonyl (C=O) groups excluding carboxylic acids is 1. The highest BCUT2D eigenvalue weighted by molar-refractivity contribution is 6.10. The molecule has 1 unspecified atom stereocenters. The summed E-state index contributed by atoms with van der Waals surface area (Å²) >= 11 is 0. The minimum Gasteiger partial charge on any atom is -0.342 e. The number of benzene rings is 1. The van der Waals surface area contributed by atoms with E-state index in [1.165, 1.54) is 24.4 Å². The summed E-state index contributed by atoms with van der Waals surface area (Å²) in [6, 6.07) is 4.65. The van der Waals surface area contributed by atoms with Crippen molar-refractivity contribution in [3.8, 4) is 0 Å². The molecule has 0 bridgehead atoms. The Morgan fingerprint density at radius 3 is 2.78 bits per heavy atom. The van der Waals surface area contributed by atoms with Gasteiger partial charge in [-0.2, -0.15) is 18.2 Å². The van der Waals surface area contributed by atoms with Crippen LogP contribution in [0.3, 0.4) is 0 Å². The molecule has 0 saturated carbocycles. The predicted molar refractivity (Wildman–Crippen MR) is 74.8 cm³/mol. The molecule has 0 fully saturated rings. The fraction of sp³-hybridized carbons (Fsp3) is 0.200. The number of halogens is 3. The second-order valence-corrected chi connectivity index (χ2v) is 5.06. The average Bonchev–Trinajstić information content (AvgIpc) is 3.09. The number of nitrogens with zero attached hydrogens (tertiary/aromatic N) is 3. The van der Waals surface area contributed by atoms with E-state index in [-0.39, 0.29) is 17.9 Å². The van der Waals surface area contributed by atoms with Gasteiger partial charge >= 0.3 is 6.18 Å². The van der Waals surface area contributed by atoms with Gasteiger partial charge in [0.05, 0.1) is 17.5 Å². The smallest absolute Gasteiger partial charge is 0.342 e. The van der Waals surface area contributed by atoms with Crippen LogP contribution in [0.25, 0.3) is 5.57 Å². The molecule has 2 heterocycles. The molecule has 23 heavy (non-hydrogen) atoms. The summed E-state index contributed by atoms with van der Waals surface area (Å²) in [6.45, 7) is 0.0131. The van der Waals surface area contributed by atoms with Crippen molar-refractivity contribution in [1.82, 2.24) is 10.1 Å². The Morgan fingerprint density at radius 1 is 1.30 bits per heavy atom. The molecule has 5 nitrogen and oxygen atoms in total. The lowest BCUT2D eigenvalue weighted by Gasteiger charge is -2.27. The first kappa shape index (κ1) is 15.1. The van der Waals surface area contributed by atoms with E-state index in [0.717, 1.165) is 18.5 Å². The summed E-state index contributed by atoms with van der Waals surface area (Å²) in [5.41, 5.74) is -1.50. The molecule has 1 aromatic carbocycles. The Labute approximate surface area is 128 Å². The number of aliphatic imine (C=N–C) groups is 1. The van der Waals surface area contributed by atoms with Gasteiger partial charge in [-0.25, -0.2) is 0 Å². The van der Waals surface area contributed by atoms with Gasteiger partial charge in [0.2, 0.25) is 12.2 Å². The Bertz CT molecular complexity index is 782. The molecular weight excluding hydrogens is 311 g/mol. The van der Waals surface area contributed by atoms with E-state index in [1.54, 1.807) is 0 Å². The van der Waals surface area contributed by atoms with Crippen LogP contribution < -0.4 is 0 Å². The van der Waals surface area contributed by atoms with Crippen LogP contribution in [-0.2, 0) is 16.4 Å². The highest BCUT2D eigenvalue weighted by atomic mass is 19.4. The first-order valence-corrected chi connectivity index (χ1v) is 6.58. The Balaban J connectivity index is 2.09. The number of aldehydes is 1. The van der Waals surface area contributed by atoms with Gasteiger partial charge < -0.3 is 9.32 Å². The topological polar surface area (TPSA) is 68.3 Å². The van der Waals surface area contributed by atoms with Crippen molar-refractivity contribution < 1.29 is 22.5 Å². The Hall–Kier alpha value is -2.77. The van der Waals surface area contributed by atoms with Gasteiger partial charge in [-0.3, -0.25) is 4.99 Å². The molecule has 1 aliphatic rings. The predicted octanol–water partition coefficient (Wildman–Crippen LogP) is 2.69. The second kappa shape index (κ2) is 5.45. The number of rotatable bonds is 3. The maximum Gasteiger partial charge on any atom is 0.416 e. The number of alkyl halides is 3. The SMILES string of the molecule is O=CC1(c2cccc(C(F)(F)F)c2)C=C(c2ncon2)C=NC1. The van der Waals surface area contributed by atoms with Crippen LogP contribution in [-0.4, -0.2) is 29.2 Å². The standard InChI is InChI=1S/C15H10F3N3O2/c16-15(17,18)12-3-1-2-11(4-12)14(8-22)5-10(6-19-7-14)13-20-9-23-21-13/h1-6,8-9H,7H2. The highest BCUT2D eigenvalue weighted by Gasteiger charge is 2.36. The van der Waals surface area contributed by atoms with Crippen LogP contribution in [0.1, 0.15) is 17.0 Å². The van der Waals surface area contributed by atoms with Gasteiger partial charge in [0.15, 0.2) is 0 Å². The fourth-order valence-electron chi connectivity index (χ4n) is 2.37. The van der Waals surface area contributed by atoms with E-state index in [2.05, 4.69) is 19.7 Å². The Kier molecular flexibility index (Phi) is 3.59. The molecule has 8 heteroatoms. The lowest BCUT2D eigenvalue weighted by Crippen LogP contribution is -2.32. The zero-order chi connectivity index (χ0) is 16.5. The van der Waals surface area contributed by atoms with E-state index >= 15 is 0 Å². The summed E-state index contributed by atoms with van der Waals surface area (Å²) in [6.07, 6.45) is 0.177. The largest absolute Gasteiger partial charge is 0.416 e.